The minimum atomic E-state index is -0.336. The zero-order valence-corrected chi connectivity index (χ0v) is 11.1. The van der Waals surface area contributed by atoms with E-state index in [4.69, 9.17) is 0 Å². The van der Waals surface area contributed by atoms with Crippen molar-refractivity contribution >= 4 is 11.4 Å². The number of aryl methyl sites for hydroxylation is 2. The van der Waals surface area contributed by atoms with Gasteiger partial charge < -0.3 is 5.32 Å². The van der Waals surface area contributed by atoms with E-state index in [0.29, 0.717) is 5.56 Å². The van der Waals surface area contributed by atoms with Crippen molar-refractivity contribution < 1.29 is 4.92 Å². The quantitative estimate of drug-likeness (QED) is 0.643. The van der Waals surface area contributed by atoms with Crippen molar-refractivity contribution in [2.45, 2.75) is 34.6 Å². The monoisotopic (exact) mass is 236 g/mol. The number of hydrogen-bond acceptors (Lipinski definition) is 3. The molecule has 0 heterocycles. The lowest BCUT2D eigenvalue weighted by Crippen LogP contribution is -2.19. The van der Waals surface area contributed by atoms with Gasteiger partial charge in [-0.2, -0.15) is 0 Å². The molecule has 0 bridgehead atoms. The molecule has 0 aliphatic carbocycles. The summed E-state index contributed by atoms with van der Waals surface area (Å²) >= 11 is 0. The molecule has 17 heavy (non-hydrogen) atoms. The van der Waals surface area contributed by atoms with Crippen LogP contribution in [0.1, 0.15) is 31.9 Å². The fraction of sp³-hybridized carbons (Fsp3) is 0.538. The lowest BCUT2D eigenvalue weighted by molar-refractivity contribution is -0.385. The summed E-state index contributed by atoms with van der Waals surface area (Å²) in [6, 6.07) is 3.47. The van der Waals surface area contributed by atoms with Crippen LogP contribution < -0.4 is 5.32 Å². The number of benzene rings is 1. The number of nitro groups is 1. The third kappa shape index (κ3) is 3.73. The highest BCUT2D eigenvalue weighted by Crippen LogP contribution is 2.27. The average Bonchev–Trinajstić information content (AvgIpc) is 2.14. The van der Waals surface area contributed by atoms with E-state index < -0.39 is 0 Å². The number of nitrogens with zero attached hydrogens (tertiary/aromatic N) is 1. The summed E-state index contributed by atoms with van der Waals surface area (Å²) in [6.07, 6.45) is 0. The number of nitrogens with one attached hydrogen (secondary N) is 1. The van der Waals surface area contributed by atoms with Crippen LogP contribution in [0.4, 0.5) is 11.4 Å². The molecular weight excluding hydrogens is 216 g/mol. The summed E-state index contributed by atoms with van der Waals surface area (Å²) in [4.78, 5) is 10.5. The van der Waals surface area contributed by atoms with Gasteiger partial charge in [0, 0.05) is 23.9 Å². The fourth-order valence-electron chi connectivity index (χ4n) is 1.59. The van der Waals surface area contributed by atoms with Crippen LogP contribution in [0, 0.1) is 29.4 Å². The Morgan fingerprint density at radius 1 is 1.24 bits per heavy atom. The Morgan fingerprint density at radius 3 is 2.29 bits per heavy atom. The molecular formula is C13H20N2O2. The summed E-state index contributed by atoms with van der Waals surface area (Å²) in [5, 5.41) is 14.1. The second-order valence-electron chi connectivity index (χ2n) is 5.62. The van der Waals surface area contributed by atoms with E-state index in [2.05, 4.69) is 26.1 Å². The van der Waals surface area contributed by atoms with Gasteiger partial charge in [0.15, 0.2) is 0 Å². The van der Waals surface area contributed by atoms with E-state index in [1.54, 1.807) is 13.0 Å². The maximum Gasteiger partial charge on any atom is 0.274 e. The van der Waals surface area contributed by atoms with Crippen molar-refractivity contribution in [3.05, 3.63) is 33.4 Å². The van der Waals surface area contributed by atoms with Gasteiger partial charge in [-0.25, -0.2) is 0 Å². The molecule has 0 atom stereocenters. The molecule has 0 aliphatic heterocycles. The van der Waals surface area contributed by atoms with Gasteiger partial charge in [0.25, 0.3) is 5.69 Å². The number of hydrogen-bond donors (Lipinski definition) is 1. The second kappa shape index (κ2) is 4.73. The van der Waals surface area contributed by atoms with Crippen LogP contribution in [0.25, 0.3) is 0 Å². The Bertz CT molecular complexity index is 434. The Balaban J connectivity index is 3.00. The topological polar surface area (TPSA) is 55.2 Å². The highest BCUT2D eigenvalue weighted by atomic mass is 16.6. The molecule has 0 fully saturated rings. The zero-order valence-electron chi connectivity index (χ0n) is 11.1. The van der Waals surface area contributed by atoms with Gasteiger partial charge >= 0.3 is 0 Å². The Hall–Kier alpha value is -1.58. The normalized spacial score (nSPS) is 11.4. The van der Waals surface area contributed by atoms with E-state index in [-0.39, 0.29) is 16.0 Å². The summed E-state index contributed by atoms with van der Waals surface area (Å²) in [7, 11) is 0. The van der Waals surface area contributed by atoms with Gasteiger partial charge in [-0.3, -0.25) is 10.1 Å². The van der Waals surface area contributed by atoms with Gasteiger partial charge in [0.05, 0.1) is 4.92 Å². The van der Waals surface area contributed by atoms with E-state index in [0.717, 1.165) is 17.8 Å². The van der Waals surface area contributed by atoms with E-state index in [9.17, 15) is 10.1 Å². The largest absolute Gasteiger partial charge is 0.384 e. The fourth-order valence-corrected chi connectivity index (χ4v) is 1.59. The lowest BCUT2D eigenvalue weighted by Gasteiger charge is -2.20. The molecule has 1 N–H and O–H groups in total. The predicted molar refractivity (Wildman–Crippen MR) is 70.5 cm³/mol. The van der Waals surface area contributed by atoms with Crippen molar-refractivity contribution in [3.8, 4) is 0 Å². The number of nitro benzene ring substituents is 1. The smallest absolute Gasteiger partial charge is 0.274 e. The lowest BCUT2D eigenvalue weighted by atomic mass is 9.96. The third-order valence-corrected chi connectivity index (χ3v) is 2.55. The molecule has 0 saturated carbocycles. The zero-order chi connectivity index (χ0) is 13.2. The molecule has 1 aromatic rings. The highest BCUT2D eigenvalue weighted by molar-refractivity contribution is 5.60. The first kappa shape index (κ1) is 13.5. The summed E-state index contributed by atoms with van der Waals surface area (Å²) in [5.41, 5.74) is 2.90. The van der Waals surface area contributed by atoms with Crippen LogP contribution in [-0.2, 0) is 0 Å². The van der Waals surface area contributed by atoms with Crippen LogP contribution in [0.2, 0.25) is 0 Å². The Morgan fingerprint density at radius 2 is 1.82 bits per heavy atom. The number of rotatable bonds is 3. The third-order valence-electron chi connectivity index (χ3n) is 2.55. The summed E-state index contributed by atoms with van der Waals surface area (Å²) < 4.78 is 0. The first-order valence-electron chi connectivity index (χ1n) is 5.70. The molecule has 4 heteroatoms. The maximum atomic E-state index is 10.9. The minimum Gasteiger partial charge on any atom is -0.384 e. The average molecular weight is 236 g/mol. The minimum absolute atomic E-state index is 0.145. The van der Waals surface area contributed by atoms with Gasteiger partial charge in [0.2, 0.25) is 0 Å². The van der Waals surface area contributed by atoms with Crippen molar-refractivity contribution in [1.29, 1.82) is 0 Å². The maximum absolute atomic E-state index is 10.9. The Labute approximate surface area is 102 Å². The van der Waals surface area contributed by atoms with Crippen LogP contribution in [0.3, 0.4) is 0 Å². The first-order valence-corrected chi connectivity index (χ1v) is 5.70. The molecule has 0 aliphatic rings. The van der Waals surface area contributed by atoms with Gasteiger partial charge in [0.1, 0.15) is 0 Å². The van der Waals surface area contributed by atoms with Gasteiger partial charge in [-0.15, -0.1) is 0 Å². The molecule has 0 unspecified atom stereocenters. The molecule has 0 amide bonds. The second-order valence-corrected chi connectivity index (χ2v) is 5.62. The standard InChI is InChI=1S/C13H20N2O2/c1-9-6-10(2)12(15(16)17)7-11(9)14-8-13(3,4)5/h6-7,14H,8H2,1-5H3. The van der Waals surface area contributed by atoms with Crippen LogP contribution in [0.15, 0.2) is 12.1 Å². The molecule has 1 aromatic carbocycles. The molecule has 0 aromatic heterocycles. The van der Waals surface area contributed by atoms with Crippen molar-refractivity contribution in [2.24, 2.45) is 5.41 Å². The van der Waals surface area contributed by atoms with Crippen molar-refractivity contribution in [2.75, 3.05) is 11.9 Å². The van der Waals surface area contributed by atoms with E-state index in [1.165, 1.54) is 0 Å². The molecule has 4 nitrogen and oxygen atoms in total. The van der Waals surface area contributed by atoms with Crippen molar-refractivity contribution in [3.63, 3.8) is 0 Å². The SMILES string of the molecule is Cc1cc(C)c([N+](=O)[O-])cc1NCC(C)(C)C. The summed E-state index contributed by atoms with van der Waals surface area (Å²) in [5.74, 6) is 0. The number of anilines is 1. The van der Waals surface area contributed by atoms with Crippen LogP contribution in [-0.4, -0.2) is 11.5 Å². The van der Waals surface area contributed by atoms with E-state index >= 15 is 0 Å². The van der Waals surface area contributed by atoms with Gasteiger partial charge in [-0.1, -0.05) is 20.8 Å². The predicted octanol–water partition coefficient (Wildman–Crippen LogP) is 3.67. The van der Waals surface area contributed by atoms with E-state index in [1.807, 2.05) is 13.0 Å². The van der Waals surface area contributed by atoms with Gasteiger partial charge in [-0.05, 0) is 30.9 Å². The highest BCUT2D eigenvalue weighted by Gasteiger charge is 2.15. The summed E-state index contributed by atoms with van der Waals surface area (Å²) in [6.45, 7) is 10.9. The van der Waals surface area contributed by atoms with Crippen LogP contribution in [0.5, 0.6) is 0 Å². The molecule has 94 valence electrons. The Kier molecular flexibility index (Phi) is 3.76. The molecule has 1 rings (SSSR count). The van der Waals surface area contributed by atoms with Crippen LogP contribution >= 0.6 is 0 Å². The van der Waals surface area contributed by atoms with Crippen molar-refractivity contribution in [1.82, 2.24) is 0 Å². The molecule has 0 spiro atoms. The molecule has 0 saturated heterocycles. The molecule has 0 radical (unpaired) electrons. The first-order chi connectivity index (χ1) is 7.70.